The normalized spacial score (nSPS) is 12.5. The Morgan fingerprint density at radius 3 is 2.62 bits per heavy atom. The molecule has 21 heavy (non-hydrogen) atoms. The molecule has 1 aromatic rings. The van der Waals surface area contributed by atoms with Crippen LogP contribution in [-0.2, 0) is 10.9 Å². The summed E-state index contributed by atoms with van der Waals surface area (Å²) in [6.07, 6.45) is -4.57. The number of hydrogen-bond acceptors (Lipinski definition) is 5. The highest BCUT2D eigenvalue weighted by molar-refractivity contribution is 6.01. The standard InChI is InChI=1S/C12H17F3N4O2/c1-3-19(6-7-21-2)11-8(10(16)18-20)4-5-9(17-11)12(13,14)15/h4-5,20H,3,6-7H2,1-2H3,(H2,16,18). The first kappa shape index (κ1) is 17.0. The number of anilines is 1. The lowest BCUT2D eigenvalue weighted by Crippen LogP contribution is -2.31. The van der Waals surface area contributed by atoms with Gasteiger partial charge >= 0.3 is 6.18 Å². The van der Waals surface area contributed by atoms with Gasteiger partial charge in [0, 0.05) is 20.2 Å². The molecule has 0 radical (unpaired) electrons. The van der Waals surface area contributed by atoms with Crippen LogP contribution in [0.2, 0.25) is 0 Å². The molecule has 0 unspecified atom stereocenters. The first-order valence-electron chi connectivity index (χ1n) is 6.15. The van der Waals surface area contributed by atoms with Crippen LogP contribution in [0.1, 0.15) is 18.2 Å². The molecule has 0 saturated carbocycles. The second kappa shape index (κ2) is 7.11. The van der Waals surface area contributed by atoms with E-state index in [0.717, 1.165) is 12.1 Å². The van der Waals surface area contributed by atoms with Gasteiger partial charge in [-0.3, -0.25) is 0 Å². The highest BCUT2D eigenvalue weighted by Crippen LogP contribution is 2.30. The second-order valence-corrected chi connectivity index (χ2v) is 4.12. The molecule has 0 aliphatic carbocycles. The van der Waals surface area contributed by atoms with Crippen molar-refractivity contribution in [1.29, 1.82) is 0 Å². The molecule has 0 amide bonds. The molecule has 9 heteroatoms. The quantitative estimate of drug-likeness (QED) is 0.361. The predicted molar refractivity (Wildman–Crippen MR) is 71.5 cm³/mol. The van der Waals surface area contributed by atoms with Gasteiger partial charge in [-0.1, -0.05) is 5.16 Å². The lowest BCUT2D eigenvalue weighted by Gasteiger charge is -2.24. The molecule has 1 aromatic heterocycles. The van der Waals surface area contributed by atoms with Crippen LogP contribution in [0.15, 0.2) is 17.3 Å². The van der Waals surface area contributed by atoms with Crippen molar-refractivity contribution in [3.8, 4) is 0 Å². The summed E-state index contributed by atoms with van der Waals surface area (Å²) in [4.78, 5) is 5.17. The van der Waals surface area contributed by atoms with Crippen molar-refractivity contribution in [1.82, 2.24) is 4.98 Å². The van der Waals surface area contributed by atoms with E-state index < -0.39 is 11.9 Å². The van der Waals surface area contributed by atoms with E-state index in [9.17, 15) is 13.2 Å². The van der Waals surface area contributed by atoms with Crippen molar-refractivity contribution in [2.24, 2.45) is 10.9 Å². The Morgan fingerprint density at radius 1 is 1.48 bits per heavy atom. The molecule has 0 bridgehead atoms. The fourth-order valence-electron chi connectivity index (χ4n) is 1.72. The number of pyridine rings is 1. The maximum absolute atomic E-state index is 12.8. The van der Waals surface area contributed by atoms with Crippen LogP contribution in [0, 0.1) is 0 Å². The zero-order valence-electron chi connectivity index (χ0n) is 11.7. The molecule has 0 spiro atoms. The van der Waals surface area contributed by atoms with Gasteiger partial charge in [0.05, 0.1) is 12.2 Å². The Morgan fingerprint density at radius 2 is 2.14 bits per heavy atom. The van der Waals surface area contributed by atoms with E-state index in [2.05, 4.69) is 10.1 Å². The van der Waals surface area contributed by atoms with Crippen LogP contribution in [-0.4, -0.2) is 42.8 Å². The van der Waals surface area contributed by atoms with Crippen LogP contribution >= 0.6 is 0 Å². The number of oxime groups is 1. The molecule has 0 aromatic carbocycles. The zero-order chi connectivity index (χ0) is 16.0. The number of amidine groups is 1. The summed E-state index contributed by atoms with van der Waals surface area (Å²) in [5.74, 6) is -0.304. The molecule has 0 aliphatic rings. The zero-order valence-corrected chi connectivity index (χ0v) is 11.7. The summed E-state index contributed by atoms with van der Waals surface area (Å²) in [6, 6.07) is 1.93. The molecule has 0 atom stereocenters. The molecule has 1 rings (SSSR count). The van der Waals surface area contributed by atoms with Crippen molar-refractivity contribution < 1.29 is 23.1 Å². The number of alkyl halides is 3. The average molecular weight is 306 g/mol. The Balaban J connectivity index is 3.33. The van der Waals surface area contributed by atoms with E-state index in [4.69, 9.17) is 15.7 Å². The third kappa shape index (κ3) is 4.22. The van der Waals surface area contributed by atoms with Gasteiger partial charge in [0.25, 0.3) is 0 Å². The molecule has 0 aliphatic heterocycles. The number of ether oxygens (including phenoxy) is 1. The molecule has 0 saturated heterocycles. The van der Waals surface area contributed by atoms with Gasteiger partial charge in [0.15, 0.2) is 5.84 Å². The number of hydrogen-bond donors (Lipinski definition) is 2. The number of aromatic nitrogens is 1. The van der Waals surface area contributed by atoms with Gasteiger partial charge in [0.2, 0.25) is 0 Å². The van der Waals surface area contributed by atoms with E-state index in [1.807, 2.05) is 0 Å². The van der Waals surface area contributed by atoms with Gasteiger partial charge < -0.3 is 20.6 Å². The predicted octanol–water partition coefficient (Wildman–Crippen LogP) is 1.67. The molecule has 1 heterocycles. The number of methoxy groups -OCH3 is 1. The summed E-state index contributed by atoms with van der Waals surface area (Å²) in [6.45, 7) is 2.78. The minimum atomic E-state index is -4.57. The van der Waals surface area contributed by atoms with Crippen LogP contribution in [0.25, 0.3) is 0 Å². The number of nitrogens with two attached hydrogens (primary N) is 1. The SMILES string of the molecule is CCN(CCOC)c1nc(C(F)(F)F)ccc1C(N)=NO. The topological polar surface area (TPSA) is 84.0 Å². The Labute approximate surface area is 120 Å². The lowest BCUT2D eigenvalue weighted by molar-refractivity contribution is -0.141. The molecule has 0 fully saturated rings. The molecule has 3 N–H and O–H groups in total. The highest BCUT2D eigenvalue weighted by Gasteiger charge is 2.33. The van der Waals surface area contributed by atoms with E-state index in [0.29, 0.717) is 19.7 Å². The van der Waals surface area contributed by atoms with E-state index in [1.54, 1.807) is 11.8 Å². The minimum absolute atomic E-state index is 0.000301. The summed E-state index contributed by atoms with van der Waals surface area (Å²) in [5, 5.41) is 11.6. The van der Waals surface area contributed by atoms with Crippen molar-refractivity contribution in [2.45, 2.75) is 13.1 Å². The number of rotatable bonds is 6. The minimum Gasteiger partial charge on any atom is -0.409 e. The van der Waals surface area contributed by atoms with E-state index in [-0.39, 0.29) is 17.2 Å². The maximum atomic E-state index is 12.8. The first-order chi connectivity index (χ1) is 9.85. The summed E-state index contributed by atoms with van der Waals surface area (Å²) in [7, 11) is 1.48. The maximum Gasteiger partial charge on any atom is 0.433 e. The van der Waals surface area contributed by atoms with E-state index in [1.165, 1.54) is 7.11 Å². The number of halogens is 3. The largest absolute Gasteiger partial charge is 0.433 e. The Hall–Kier alpha value is -2.03. The first-order valence-corrected chi connectivity index (χ1v) is 6.15. The van der Waals surface area contributed by atoms with Gasteiger partial charge in [-0.2, -0.15) is 13.2 Å². The van der Waals surface area contributed by atoms with E-state index >= 15 is 0 Å². The van der Waals surface area contributed by atoms with Crippen molar-refractivity contribution in [3.05, 3.63) is 23.4 Å². The number of likely N-dealkylation sites (N-methyl/N-ethyl adjacent to an activating group) is 1. The van der Waals surface area contributed by atoms with Gasteiger partial charge in [-0.25, -0.2) is 4.98 Å². The summed E-state index contributed by atoms with van der Waals surface area (Å²) in [5.41, 5.74) is 4.59. The van der Waals surface area contributed by atoms with Crippen LogP contribution in [0.4, 0.5) is 19.0 Å². The fourth-order valence-corrected chi connectivity index (χ4v) is 1.72. The van der Waals surface area contributed by atoms with Crippen molar-refractivity contribution in [2.75, 3.05) is 31.7 Å². The number of nitrogens with zero attached hydrogens (tertiary/aromatic N) is 3. The highest BCUT2D eigenvalue weighted by atomic mass is 19.4. The van der Waals surface area contributed by atoms with Crippen molar-refractivity contribution >= 4 is 11.7 Å². The lowest BCUT2D eigenvalue weighted by atomic mass is 10.2. The van der Waals surface area contributed by atoms with Gasteiger partial charge in [-0.15, -0.1) is 0 Å². The molecule has 6 nitrogen and oxygen atoms in total. The Kier molecular flexibility index (Phi) is 5.77. The van der Waals surface area contributed by atoms with Gasteiger partial charge in [-0.05, 0) is 19.1 Å². The van der Waals surface area contributed by atoms with Gasteiger partial charge in [0.1, 0.15) is 11.5 Å². The molecular weight excluding hydrogens is 289 g/mol. The summed E-state index contributed by atoms with van der Waals surface area (Å²) < 4.78 is 43.3. The third-order valence-electron chi connectivity index (χ3n) is 2.80. The fraction of sp³-hybridized carbons (Fsp3) is 0.500. The van der Waals surface area contributed by atoms with Crippen LogP contribution in [0.3, 0.4) is 0 Å². The van der Waals surface area contributed by atoms with Crippen LogP contribution < -0.4 is 10.6 Å². The third-order valence-corrected chi connectivity index (χ3v) is 2.80. The average Bonchev–Trinajstić information content (AvgIpc) is 2.46. The van der Waals surface area contributed by atoms with Crippen LogP contribution in [0.5, 0.6) is 0 Å². The molecule has 118 valence electrons. The Bertz CT molecular complexity index is 506. The molecular formula is C12H17F3N4O2. The smallest absolute Gasteiger partial charge is 0.409 e. The summed E-state index contributed by atoms with van der Waals surface area (Å²) >= 11 is 0. The second-order valence-electron chi connectivity index (χ2n) is 4.12. The monoisotopic (exact) mass is 306 g/mol. The van der Waals surface area contributed by atoms with Crippen molar-refractivity contribution in [3.63, 3.8) is 0 Å².